The van der Waals surface area contributed by atoms with E-state index in [9.17, 15) is 9.59 Å². The first-order valence-corrected chi connectivity index (χ1v) is 5.39. The Balaban J connectivity index is 4.19. The fourth-order valence-electron chi connectivity index (χ4n) is 0.988. The smallest absolute Gasteiger partial charge is 0.408 e. The van der Waals surface area contributed by atoms with Gasteiger partial charge in [-0.15, -0.1) is 6.42 Å². The largest absolute Gasteiger partial charge is 0.466 e. The Morgan fingerprint density at radius 1 is 1.41 bits per heavy atom. The molecular formula is C12H19NO4. The molecule has 1 unspecified atom stereocenters. The highest BCUT2D eigenvalue weighted by Gasteiger charge is 2.20. The number of alkyl carbamates (subject to hydrolysis) is 1. The van der Waals surface area contributed by atoms with Gasteiger partial charge in [0, 0.05) is 0 Å². The van der Waals surface area contributed by atoms with E-state index >= 15 is 0 Å². The summed E-state index contributed by atoms with van der Waals surface area (Å²) >= 11 is 0. The van der Waals surface area contributed by atoms with Gasteiger partial charge in [0.2, 0.25) is 0 Å². The van der Waals surface area contributed by atoms with Crippen LogP contribution in [0.5, 0.6) is 0 Å². The summed E-state index contributed by atoms with van der Waals surface area (Å²) in [6.07, 6.45) is 4.49. The van der Waals surface area contributed by atoms with Crippen molar-refractivity contribution < 1.29 is 19.1 Å². The minimum absolute atomic E-state index is 0.0659. The van der Waals surface area contributed by atoms with Crippen molar-refractivity contribution >= 4 is 12.1 Å². The number of carbonyl (C=O) groups is 2. The number of hydrogen-bond acceptors (Lipinski definition) is 4. The maximum Gasteiger partial charge on any atom is 0.408 e. The Kier molecular flexibility index (Phi) is 6.11. The van der Waals surface area contributed by atoms with E-state index in [0.29, 0.717) is 0 Å². The molecule has 5 nitrogen and oxygen atoms in total. The van der Waals surface area contributed by atoms with Crippen LogP contribution in [-0.4, -0.2) is 30.3 Å². The van der Waals surface area contributed by atoms with Crippen molar-refractivity contribution in [2.75, 3.05) is 6.61 Å². The molecule has 0 saturated carbocycles. The van der Waals surface area contributed by atoms with Gasteiger partial charge in [0.15, 0.2) is 0 Å². The molecule has 1 atom stereocenters. The molecular weight excluding hydrogens is 222 g/mol. The lowest BCUT2D eigenvalue weighted by Gasteiger charge is -2.21. The lowest BCUT2D eigenvalue weighted by molar-refractivity contribution is -0.143. The zero-order valence-electron chi connectivity index (χ0n) is 10.7. The Morgan fingerprint density at radius 3 is 2.41 bits per heavy atom. The van der Waals surface area contributed by atoms with Gasteiger partial charge in [0.25, 0.3) is 0 Å². The quantitative estimate of drug-likeness (QED) is 0.598. The van der Waals surface area contributed by atoms with E-state index in [1.165, 1.54) is 0 Å². The SMILES string of the molecule is C#CC(CC(=O)OCC)NC(=O)OC(C)(C)C. The lowest BCUT2D eigenvalue weighted by atomic mass is 10.2. The maximum atomic E-state index is 11.4. The van der Waals surface area contributed by atoms with Crippen LogP contribution < -0.4 is 5.32 Å². The summed E-state index contributed by atoms with van der Waals surface area (Å²) in [5.41, 5.74) is -0.604. The van der Waals surface area contributed by atoms with Crippen molar-refractivity contribution in [3.8, 4) is 12.3 Å². The topological polar surface area (TPSA) is 64.6 Å². The molecule has 0 aliphatic rings. The van der Waals surface area contributed by atoms with Crippen molar-refractivity contribution in [2.24, 2.45) is 0 Å². The van der Waals surface area contributed by atoms with Crippen molar-refractivity contribution in [2.45, 2.75) is 45.8 Å². The molecule has 5 heteroatoms. The van der Waals surface area contributed by atoms with Gasteiger partial charge in [-0.1, -0.05) is 5.92 Å². The first-order chi connectivity index (χ1) is 7.78. The van der Waals surface area contributed by atoms with E-state index < -0.39 is 23.7 Å². The molecule has 1 amide bonds. The molecule has 0 spiro atoms. The van der Waals surface area contributed by atoms with Crippen LogP contribution in [0, 0.1) is 12.3 Å². The summed E-state index contributed by atoms with van der Waals surface area (Å²) in [6, 6.07) is -0.719. The van der Waals surface area contributed by atoms with E-state index in [2.05, 4.69) is 11.2 Å². The number of terminal acetylenes is 1. The molecule has 17 heavy (non-hydrogen) atoms. The van der Waals surface area contributed by atoms with Crippen LogP contribution in [-0.2, 0) is 14.3 Å². The zero-order valence-corrected chi connectivity index (χ0v) is 10.7. The van der Waals surface area contributed by atoms with Gasteiger partial charge in [0.1, 0.15) is 11.6 Å². The second-order valence-corrected chi connectivity index (χ2v) is 4.37. The predicted octanol–water partition coefficient (Wildman–Crippen LogP) is 1.47. The fourth-order valence-corrected chi connectivity index (χ4v) is 0.988. The van der Waals surface area contributed by atoms with Crippen LogP contribution in [0.15, 0.2) is 0 Å². The van der Waals surface area contributed by atoms with Crippen LogP contribution in [0.25, 0.3) is 0 Å². The first-order valence-electron chi connectivity index (χ1n) is 5.39. The van der Waals surface area contributed by atoms with Gasteiger partial charge < -0.3 is 14.8 Å². The molecule has 0 aliphatic heterocycles. The third-order valence-electron chi connectivity index (χ3n) is 1.57. The number of ether oxygens (including phenoxy) is 2. The van der Waals surface area contributed by atoms with Crippen LogP contribution >= 0.6 is 0 Å². The van der Waals surface area contributed by atoms with Crippen molar-refractivity contribution in [1.29, 1.82) is 0 Å². The molecule has 0 fully saturated rings. The maximum absolute atomic E-state index is 11.4. The number of esters is 1. The zero-order chi connectivity index (χ0) is 13.5. The van der Waals surface area contributed by atoms with Crippen molar-refractivity contribution in [1.82, 2.24) is 5.32 Å². The predicted molar refractivity (Wildman–Crippen MR) is 63.2 cm³/mol. The third kappa shape index (κ3) is 8.14. The Labute approximate surface area is 102 Å². The number of carbonyl (C=O) groups excluding carboxylic acids is 2. The highest BCUT2D eigenvalue weighted by molar-refractivity contribution is 5.73. The van der Waals surface area contributed by atoms with E-state index in [-0.39, 0.29) is 13.0 Å². The molecule has 1 N–H and O–H groups in total. The average molecular weight is 241 g/mol. The molecule has 0 saturated heterocycles. The molecule has 0 bridgehead atoms. The first kappa shape index (κ1) is 15.3. The summed E-state index contributed by atoms with van der Waals surface area (Å²) in [5.74, 6) is 1.84. The van der Waals surface area contributed by atoms with Crippen LogP contribution in [0.2, 0.25) is 0 Å². The van der Waals surface area contributed by atoms with Gasteiger partial charge >= 0.3 is 12.1 Å². The van der Waals surface area contributed by atoms with E-state index in [0.717, 1.165) is 0 Å². The molecule has 0 rings (SSSR count). The monoisotopic (exact) mass is 241 g/mol. The molecule has 0 aliphatic carbocycles. The van der Waals surface area contributed by atoms with Crippen LogP contribution in [0.4, 0.5) is 4.79 Å². The van der Waals surface area contributed by atoms with Gasteiger partial charge in [-0.25, -0.2) is 4.79 Å². The summed E-state index contributed by atoms with van der Waals surface area (Å²) in [4.78, 5) is 22.6. The van der Waals surface area contributed by atoms with Crippen LogP contribution in [0.1, 0.15) is 34.1 Å². The fraction of sp³-hybridized carbons (Fsp3) is 0.667. The van der Waals surface area contributed by atoms with Gasteiger partial charge in [0.05, 0.1) is 13.0 Å². The Hall–Kier alpha value is -1.70. The molecule has 0 aromatic rings. The average Bonchev–Trinajstić information content (AvgIpc) is 2.13. The molecule has 0 heterocycles. The second-order valence-electron chi connectivity index (χ2n) is 4.37. The van der Waals surface area contributed by atoms with Crippen molar-refractivity contribution in [3.05, 3.63) is 0 Å². The number of amides is 1. The van der Waals surface area contributed by atoms with Crippen molar-refractivity contribution in [3.63, 3.8) is 0 Å². The van der Waals surface area contributed by atoms with E-state index in [1.54, 1.807) is 27.7 Å². The van der Waals surface area contributed by atoms with Gasteiger partial charge in [-0.3, -0.25) is 4.79 Å². The summed E-state index contributed by atoms with van der Waals surface area (Å²) < 4.78 is 9.74. The highest BCUT2D eigenvalue weighted by Crippen LogP contribution is 2.07. The molecule has 0 radical (unpaired) electrons. The normalized spacial score (nSPS) is 12.2. The molecule has 0 aromatic heterocycles. The highest BCUT2D eigenvalue weighted by atomic mass is 16.6. The summed E-state index contributed by atoms with van der Waals surface area (Å²) in [5, 5.41) is 2.41. The Bertz CT molecular complexity index is 311. The Morgan fingerprint density at radius 2 is 2.00 bits per heavy atom. The minimum atomic E-state index is -0.719. The summed E-state index contributed by atoms with van der Waals surface area (Å²) in [6.45, 7) is 7.20. The minimum Gasteiger partial charge on any atom is -0.466 e. The number of rotatable bonds is 4. The third-order valence-corrected chi connectivity index (χ3v) is 1.57. The standard InChI is InChI=1S/C12H19NO4/c1-6-9(8-10(14)16-7-2)13-11(15)17-12(3,4)5/h1,9H,7-8H2,2-5H3,(H,13,15). The van der Waals surface area contributed by atoms with E-state index in [1.807, 2.05) is 0 Å². The second kappa shape index (κ2) is 6.79. The van der Waals surface area contributed by atoms with Gasteiger partial charge in [-0.2, -0.15) is 0 Å². The molecule has 96 valence electrons. The number of nitrogens with one attached hydrogen (secondary N) is 1. The van der Waals surface area contributed by atoms with Gasteiger partial charge in [-0.05, 0) is 27.7 Å². The number of hydrogen-bond donors (Lipinski definition) is 1. The lowest BCUT2D eigenvalue weighted by Crippen LogP contribution is -2.39. The van der Waals surface area contributed by atoms with E-state index in [4.69, 9.17) is 15.9 Å². The summed E-state index contributed by atoms with van der Waals surface area (Å²) in [7, 11) is 0. The molecule has 0 aromatic carbocycles. The van der Waals surface area contributed by atoms with Crippen LogP contribution in [0.3, 0.4) is 0 Å².